The number of nitrogens with one attached hydrogen (secondary N) is 1. The quantitative estimate of drug-likeness (QED) is 0.869. The van der Waals surface area contributed by atoms with Crippen LogP contribution in [-0.4, -0.2) is 42.0 Å². The third-order valence-corrected chi connectivity index (χ3v) is 4.90. The Kier molecular flexibility index (Phi) is 4.62. The number of H-pyrrole nitrogens is 1. The number of carbonyl (C=O) groups is 2. The number of hydrogen-bond acceptors (Lipinski definition) is 3. The van der Waals surface area contributed by atoms with Gasteiger partial charge in [0.15, 0.2) is 0 Å². The van der Waals surface area contributed by atoms with Crippen molar-refractivity contribution in [3.05, 3.63) is 58.9 Å². The largest absolute Gasteiger partial charge is 0.468 e. The zero-order chi connectivity index (χ0) is 17.2. The van der Waals surface area contributed by atoms with Gasteiger partial charge in [0.25, 0.3) is 5.91 Å². The lowest BCUT2D eigenvalue weighted by Crippen LogP contribution is -2.49. The van der Waals surface area contributed by atoms with Crippen LogP contribution in [0.1, 0.15) is 28.9 Å². The maximum absolute atomic E-state index is 12.5. The number of nitrogens with zero attached hydrogens (tertiary/aromatic N) is 1. The lowest BCUT2D eigenvalue weighted by atomic mass is 9.72. The second kappa shape index (κ2) is 6.69. The van der Waals surface area contributed by atoms with Gasteiger partial charge in [-0.1, -0.05) is 41.9 Å². The highest BCUT2D eigenvalue weighted by Crippen LogP contribution is 2.37. The number of benzene rings is 1. The standard InChI is InChI=1S/C18H19ClN2O3/c1-24-17(23)18(13-5-3-2-4-6-13)7-9-21(10-8-18)16(22)15-11-14(19)12-20-15/h2-6,11-12,20H,7-10H2,1H3. The topological polar surface area (TPSA) is 62.4 Å². The number of likely N-dealkylation sites (tertiary alicyclic amines) is 1. The number of esters is 1. The maximum Gasteiger partial charge on any atom is 0.316 e. The monoisotopic (exact) mass is 346 g/mol. The van der Waals surface area contributed by atoms with Gasteiger partial charge in [-0.2, -0.15) is 0 Å². The molecule has 0 unspecified atom stereocenters. The number of amides is 1. The van der Waals surface area contributed by atoms with Crippen molar-refractivity contribution >= 4 is 23.5 Å². The van der Waals surface area contributed by atoms with Gasteiger partial charge in [-0.05, 0) is 24.5 Å². The van der Waals surface area contributed by atoms with E-state index in [0.717, 1.165) is 5.56 Å². The first kappa shape index (κ1) is 16.6. The molecule has 1 amide bonds. The van der Waals surface area contributed by atoms with Crippen LogP contribution in [0.2, 0.25) is 5.02 Å². The summed E-state index contributed by atoms with van der Waals surface area (Å²) >= 11 is 5.87. The Labute approximate surface area is 145 Å². The van der Waals surface area contributed by atoms with Gasteiger partial charge in [0.2, 0.25) is 0 Å². The van der Waals surface area contributed by atoms with E-state index in [-0.39, 0.29) is 11.9 Å². The summed E-state index contributed by atoms with van der Waals surface area (Å²) in [6.07, 6.45) is 2.65. The molecule has 0 saturated carbocycles. The number of aromatic nitrogens is 1. The van der Waals surface area contributed by atoms with Gasteiger partial charge >= 0.3 is 5.97 Å². The van der Waals surface area contributed by atoms with E-state index >= 15 is 0 Å². The molecule has 1 aliphatic heterocycles. The molecule has 3 rings (SSSR count). The van der Waals surface area contributed by atoms with E-state index in [2.05, 4.69) is 4.98 Å². The van der Waals surface area contributed by atoms with Gasteiger partial charge in [0.05, 0.1) is 17.5 Å². The molecule has 1 aromatic carbocycles. The van der Waals surface area contributed by atoms with Crippen molar-refractivity contribution in [3.8, 4) is 0 Å². The molecule has 1 saturated heterocycles. The predicted molar refractivity (Wildman–Crippen MR) is 91.1 cm³/mol. The first-order valence-corrected chi connectivity index (χ1v) is 8.22. The molecule has 0 aliphatic carbocycles. The van der Waals surface area contributed by atoms with Gasteiger partial charge in [-0.25, -0.2) is 0 Å². The summed E-state index contributed by atoms with van der Waals surface area (Å²) in [7, 11) is 1.41. The number of carbonyl (C=O) groups excluding carboxylic acids is 2. The summed E-state index contributed by atoms with van der Waals surface area (Å²) in [5.74, 6) is -0.350. The normalized spacial score (nSPS) is 16.7. The molecule has 1 aromatic heterocycles. The molecule has 2 aromatic rings. The fourth-order valence-electron chi connectivity index (χ4n) is 3.32. The van der Waals surface area contributed by atoms with Crippen LogP contribution in [0.15, 0.2) is 42.6 Å². The number of ether oxygens (including phenoxy) is 1. The van der Waals surface area contributed by atoms with Gasteiger partial charge < -0.3 is 14.6 Å². The highest BCUT2D eigenvalue weighted by Gasteiger charge is 2.44. The predicted octanol–water partition coefficient (Wildman–Crippen LogP) is 3.02. The van der Waals surface area contributed by atoms with E-state index in [1.54, 1.807) is 17.2 Å². The highest BCUT2D eigenvalue weighted by molar-refractivity contribution is 6.30. The Balaban J connectivity index is 1.80. The summed E-state index contributed by atoms with van der Waals surface area (Å²) in [5.41, 5.74) is 0.706. The number of methoxy groups -OCH3 is 1. The van der Waals surface area contributed by atoms with Crippen molar-refractivity contribution in [2.45, 2.75) is 18.3 Å². The number of aromatic amines is 1. The Bertz CT molecular complexity index is 734. The van der Waals surface area contributed by atoms with Gasteiger partial charge in [0.1, 0.15) is 5.69 Å². The fraction of sp³-hybridized carbons (Fsp3) is 0.333. The first-order valence-electron chi connectivity index (χ1n) is 7.84. The number of hydrogen-bond donors (Lipinski definition) is 1. The van der Waals surface area contributed by atoms with Crippen LogP contribution in [0, 0.1) is 0 Å². The van der Waals surface area contributed by atoms with E-state index in [1.807, 2.05) is 30.3 Å². The zero-order valence-corrected chi connectivity index (χ0v) is 14.2. The van der Waals surface area contributed by atoms with Crippen molar-refractivity contribution in [1.82, 2.24) is 9.88 Å². The molecular formula is C18H19ClN2O3. The number of rotatable bonds is 3. The van der Waals surface area contributed by atoms with Crippen molar-refractivity contribution < 1.29 is 14.3 Å². The van der Waals surface area contributed by atoms with Crippen LogP contribution >= 0.6 is 11.6 Å². The van der Waals surface area contributed by atoms with Crippen LogP contribution in [0.4, 0.5) is 0 Å². The molecule has 2 heterocycles. The van der Waals surface area contributed by atoms with Crippen molar-refractivity contribution in [2.75, 3.05) is 20.2 Å². The van der Waals surface area contributed by atoms with Crippen LogP contribution in [0.25, 0.3) is 0 Å². The maximum atomic E-state index is 12.5. The molecule has 5 nitrogen and oxygen atoms in total. The highest BCUT2D eigenvalue weighted by atomic mass is 35.5. The molecule has 1 N–H and O–H groups in total. The number of piperidine rings is 1. The second-order valence-electron chi connectivity index (χ2n) is 5.96. The van der Waals surface area contributed by atoms with Crippen molar-refractivity contribution in [3.63, 3.8) is 0 Å². The zero-order valence-electron chi connectivity index (χ0n) is 13.4. The molecule has 0 spiro atoms. The lowest BCUT2D eigenvalue weighted by Gasteiger charge is -2.39. The van der Waals surface area contributed by atoms with Gasteiger partial charge in [-0.15, -0.1) is 0 Å². The summed E-state index contributed by atoms with van der Waals surface area (Å²) in [6.45, 7) is 0.971. The number of halogens is 1. The molecule has 0 radical (unpaired) electrons. The molecular weight excluding hydrogens is 328 g/mol. The van der Waals surface area contributed by atoms with E-state index in [0.29, 0.717) is 36.6 Å². The van der Waals surface area contributed by atoms with E-state index in [1.165, 1.54) is 7.11 Å². The molecule has 126 valence electrons. The van der Waals surface area contributed by atoms with Crippen LogP contribution in [-0.2, 0) is 14.9 Å². The Hall–Kier alpha value is -2.27. The minimum absolute atomic E-state index is 0.103. The molecule has 1 fully saturated rings. The van der Waals surface area contributed by atoms with Crippen molar-refractivity contribution in [1.29, 1.82) is 0 Å². The summed E-state index contributed by atoms with van der Waals surface area (Å²) in [6, 6.07) is 11.3. The third-order valence-electron chi connectivity index (χ3n) is 4.68. The van der Waals surface area contributed by atoms with Gasteiger partial charge in [-0.3, -0.25) is 9.59 Å². The SMILES string of the molecule is COC(=O)C1(c2ccccc2)CCN(C(=O)c2cc(Cl)c[nH]2)CC1. The summed E-state index contributed by atoms with van der Waals surface area (Å²) in [5, 5.41) is 0.503. The minimum atomic E-state index is -0.694. The average Bonchev–Trinajstić information content (AvgIpc) is 3.07. The Morgan fingerprint density at radius 2 is 1.88 bits per heavy atom. The molecule has 24 heavy (non-hydrogen) atoms. The molecule has 6 heteroatoms. The summed E-state index contributed by atoms with van der Waals surface area (Å²) in [4.78, 5) is 29.6. The second-order valence-corrected chi connectivity index (χ2v) is 6.40. The Morgan fingerprint density at radius 3 is 2.42 bits per heavy atom. The van der Waals surface area contributed by atoms with Crippen LogP contribution < -0.4 is 0 Å². The van der Waals surface area contributed by atoms with E-state index < -0.39 is 5.41 Å². The van der Waals surface area contributed by atoms with E-state index in [4.69, 9.17) is 16.3 Å². The fourth-order valence-corrected chi connectivity index (χ4v) is 3.48. The lowest BCUT2D eigenvalue weighted by molar-refractivity contribution is -0.149. The van der Waals surface area contributed by atoms with Crippen LogP contribution in [0.3, 0.4) is 0 Å². The van der Waals surface area contributed by atoms with Gasteiger partial charge in [0, 0.05) is 19.3 Å². The summed E-state index contributed by atoms with van der Waals surface area (Å²) < 4.78 is 5.07. The smallest absolute Gasteiger partial charge is 0.316 e. The van der Waals surface area contributed by atoms with Crippen LogP contribution in [0.5, 0.6) is 0 Å². The first-order chi connectivity index (χ1) is 11.6. The molecule has 0 atom stereocenters. The Morgan fingerprint density at radius 1 is 1.21 bits per heavy atom. The minimum Gasteiger partial charge on any atom is -0.468 e. The molecule has 1 aliphatic rings. The average molecular weight is 347 g/mol. The third kappa shape index (κ3) is 2.91. The van der Waals surface area contributed by atoms with Crippen molar-refractivity contribution in [2.24, 2.45) is 0 Å². The molecule has 0 bridgehead atoms. The van der Waals surface area contributed by atoms with E-state index in [9.17, 15) is 9.59 Å².